The second kappa shape index (κ2) is 7.05. The van der Waals surface area contributed by atoms with Crippen molar-refractivity contribution < 1.29 is 14.6 Å². The monoisotopic (exact) mass is 357 g/mol. The number of hydrogen-bond donors (Lipinski definition) is 2. The Balaban J connectivity index is 1.29. The molecule has 0 spiro atoms. The summed E-state index contributed by atoms with van der Waals surface area (Å²) >= 11 is 0. The zero-order chi connectivity index (χ0) is 18.1. The van der Waals surface area contributed by atoms with Crippen molar-refractivity contribution in [2.75, 3.05) is 20.2 Å². The maximum absolute atomic E-state index is 12.3. The summed E-state index contributed by atoms with van der Waals surface area (Å²) in [5.74, 6) is 0.570. The average molecular weight is 357 g/mol. The summed E-state index contributed by atoms with van der Waals surface area (Å²) < 4.78 is 7.22. The quantitative estimate of drug-likeness (QED) is 0.759. The van der Waals surface area contributed by atoms with Gasteiger partial charge in [-0.2, -0.15) is 0 Å². The van der Waals surface area contributed by atoms with E-state index >= 15 is 0 Å². The lowest BCUT2D eigenvalue weighted by molar-refractivity contribution is 0.0788. The number of carbonyl (C=O) groups is 1. The van der Waals surface area contributed by atoms with Gasteiger partial charge in [-0.05, 0) is 12.8 Å². The van der Waals surface area contributed by atoms with E-state index in [1.165, 1.54) is 0 Å². The maximum atomic E-state index is 12.3. The van der Waals surface area contributed by atoms with E-state index < -0.39 is 0 Å². The minimum absolute atomic E-state index is 0.0444. The second-order valence-electron chi connectivity index (χ2n) is 6.95. The standard InChI is InChI=1S/C18H23N5O3/c1-26-17-12(3-2-4-13(17)11-24)7-22-8-14(9-22)19-18(25)16-10-23(21-20-16)15-5-6-15/h2-4,10,14-15,24H,5-9,11H2,1H3,(H,19,25). The third kappa shape index (κ3) is 3.42. The Labute approximate surface area is 151 Å². The van der Waals surface area contributed by atoms with Crippen LogP contribution in [0.5, 0.6) is 5.75 Å². The van der Waals surface area contributed by atoms with Gasteiger partial charge in [0.2, 0.25) is 0 Å². The third-order valence-corrected chi connectivity index (χ3v) is 4.90. The lowest BCUT2D eigenvalue weighted by atomic mass is 10.0. The van der Waals surface area contributed by atoms with Gasteiger partial charge >= 0.3 is 0 Å². The van der Waals surface area contributed by atoms with Crippen LogP contribution in [0.25, 0.3) is 0 Å². The van der Waals surface area contributed by atoms with E-state index in [4.69, 9.17) is 4.74 Å². The smallest absolute Gasteiger partial charge is 0.273 e. The molecular formula is C18H23N5O3. The van der Waals surface area contributed by atoms with Gasteiger partial charge in [-0.25, -0.2) is 4.68 Å². The van der Waals surface area contributed by atoms with E-state index in [0.29, 0.717) is 11.7 Å². The molecule has 2 fully saturated rings. The fourth-order valence-electron chi connectivity index (χ4n) is 3.34. The number of ether oxygens (including phenoxy) is 1. The molecule has 2 N–H and O–H groups in total. The molecule has 1 aromatic carbocycles. The number of nitrogens with zero attached hydrogens (tertiary/aromatic N) is 4. The molecule has 2 aliphatic rings. The molecule has 2 aromatic rings. The van der Waals surface area contributed by atoms with Crippen LogP contribution in [-0.4, -0.2) is 57.1 Å². The number of likely N-dealkylation sites (tertiary alicyclic amines) is 1. The second-order valence-corrected chi connectivity index (χ2v) is 6.95. The highest BCUT2D eigenvalue weighted by molar-refractivity contribution is 5.92. The van der Waals surface area contributed by atoms with Crippen LogP contribution in [0.4, 0.5) is 0 Å². The summed E-state index contributed by atoms with van der Waals surface area (Å²) in [6.07, 6.45) is 3.96. The van der Waals surface area contributed by atoms with Crippen LogP contribution >= 0.6 is 0 Å². The molecule has 0 atom stereocenters. The van der Waals surface area contributed by atoms with Crippen molar-refractivity contribution in [3.63, 3.8) is 0 Å². The highest BCUT2D eigenvalue weighted by Crippen LogP contribution is 2.33. The first-order chi connectivity index (χ1) is 12.7. The average Bonchev–Trinajstić information content (AvgIpc) is 3.36. The minimum atomic E-state index is -0.165. The molecule has 1 amide bonds. The molecule has 1 aliphatic heterocycles. The first-order valence-corrected chi connectivity index (χ1v) is 8.88. The number of amides is 1. The number of aliphatic hydroxyl groups is 1. The van der Waals surface area contributed by atoms with E-state index in [9.17, 15) is 9.90 Å². The summed E-state index contributed by atoms with van der Waals surface area (Å²) in [5.41, 5.74) is 2.21. The molecule has 1 aliphatic carbocycles. The van der Waals surface area contributed by atoms with Crippen molar-refractivity contribution in [1.29, 1.82) is 0 Å². The zero-order valence-electron chi connectivity index (χ0n) is 14.8. The molecule has 26 heavy (non-hydrogen) atoms. The van der Waals surface area contributed by atoms with Gasteiger partial charge in [-0.3, -0.25) is 9.69 Å². The molecule has 0 radical (unpaired) electrons. The Morgan fingerprint density at radius 3 is 2.81 bits per heavy atom. The van der Waals surface area contributed by atoms with Crippen molar-refractivity contribution in [3.05, 3.63) is 41.2 Å². The maximum Gasteiger partial charge on any atom is 0.273 e. The summed E-state index contributed by atoms with van der Waals surface area (Å²) in [6, 6.07) is 6.32. The number of nitrogens with one attached hydrogen (secondary N) is 1. The molecule has 0 bridgehead atoms. The number of hydrogen-bond acceptors (Lipinski definition) is 6. The van der Waals surface area contributed by atoms with Gasteiger partial charge in [0.05, 0.1) is 32.0 Å². The van der Waals surface area contributed by atoms with Crippen molar-refractivity contribution in [1.82, 2.24) is 25.2 Å². The van der Waals surface area contributed by atoms with Crippen LogP contribution in [-0.2, 0) is 13.2 Å². The fourth-order valence-corrected chi connectivity index (χ4v) is 3.34. The number of para-hydroxylation sites is 1. The van der Waals surface area contributed by atoms with Crippen LogP contribution in [0.2, 0.25) is 0 Å². The highest BCUT2D eigenvalue weighted by Gasteiger charge is 2.30. The molecular weight excluding hydrogens is 334 g/mol. The van der Waals surface area contributed by atoms with Crippen molar-refractivity contribution in [2.24, 2.45) is 0 Å². The number of aliphatic hydroxyl groups excluding tert-OH is 1. The molecule has 8 heteroatoms. The Kier molecular flexibility index (Phi) is 4.60. The molecule has 4 rings (SSSR count). The van der Waals surface area contributed by atoms with E-state index in [1.54, 1.807) is 18.0 Å². The summed E-state index contributed by atoms with van der Waals surface area (Å²) in [5, 5.41) is 20.4. The Hall–Kier alpha value is -2.45. The molecule has 0 unspecified atom stereocenters. The number of rotatable bonds is 7. The van der Waals surface area contributed by atoms with Gasteiger partial charge in [-0.1, -0.05) is 23.4 Å². The van der Waals surface area contributed by atoms with Gasteiger partial charge in [0.15, 0.2) is 5.69 Å². The van der Waals surface area contributed by atoms with Crippen molar-refractivity contribution in [3.8, 4) is 5.75 Å². The van der Waals surface area contributed by atoms with Gasteiger partial charge in [0.25, 0.3) is 5.91 Å². The number of aromatic nitrogens is 3. The lowest BCUT2D eigenvalue weighted by Crippen LogP contribution is -2.58. The highest BCUT2D eigenvalue weighted by atomic mass is 16.5. The van der Waals surface area contributed by atoms with E-state index in [2.05, 4.69) is 20.5 Å². The van der Waals surface area contributed by atoms with E-state index in [1.807, 2.05) is 18.2 Å². The van der Waals surface area contributed by atoms with Crippen molar-refractivity contribution >= 4 is 5.91 Å². The molecule has 2 heterocycles. The molecule has 8 nitrogen and oxygen atoms in total. The van der Waals surface area contributed by atoms with Crippen LogP contribution in [0.1, 0.15) is 40.5 Å². The molecule has 1 aromatic heterocycles. The summed E-state index contributed by atoms with van der Waals surface area (Å²) in [6.45, 7) is 2.22. The van der Waals surface area contributed by atoms with Crippen LogP contribution in [0.15, 0.2) is 24.4 Å². The van der Waals surface area contributed by atoms with Gasteiger partial charge < -0.3 is 15.2 Å². The number of carbonyl (C=O) groups excluding carboxylic acids is 1. The van der Waals surface area contributed by atoms with E-state index in [0.717, 1.165) is 49.4 Å². The Bertz CT molecular complexity index is 796. The zero-order valence-corrected chi connectivity index (χ0v) is 14.8. The van der Waals surface area contributed by atoms with Gasteiger partial charge in [0, 0.05) is 30.8 Å². The predicted octanol–water partition coefficient (Wildman–Crippen LogP) is 0.728. The van der Waals surface area contributed by atoms with Crippen molar-refractivity contribution in [2.45, 2.75) is 38.1 Å². The summed E-state index contributed by atoms with van der Waals surface area (Å²) in [4.78, 5) is 14.5. The van der Waals surface area contributed by atoms with Gasteiger partial charge in [-0.15, -0.1) is 5.10 Å². The third-order valence-electron chi connectivity index (χ3n) is 4.90. The minimum Gasteiger partial charge on any atom is -0.496 e. The first kappa shape index (κ1) is 17.0. The molecule has 1 saturated carbocycles. The van der Waals surface area contributed by atoms with Crippen LogP contribution < -0.4 is 10.1 Å². The lowest BCUT2D eigenvalue weighted by Gasteiger charge is -2.39. The summed E-state index contributed by atoms with van der Waals surface area (Å²) in [7, 11) is 1.62. The van der Waals surface area contributed by atoms with Crippen LogP contribution in [0, 0.1) is 0 Å². The first-order valence-electron chi connectivity index (χ1n) is 8.88. The van der Waals surface area contributed by atoms with Gasteiger partial charge in [0.1, 0.15) is 5.75 Å². The topological polar surface area (TPSA) is 92.5 Å². The van der Waals surface area contributed by atoms with E-state index in [-0.39, 0.29) is 18.6 Å². The predicted molar refractivity (Wildman–Crippen MR) is 93.7 cm³/mol. The van der Waals surface area contributed by atoms with Crippen LogP contribution in [0.3, 0.4) is 0 Å². The Morgan fingerprint density at radius 2 is 2.12 bits per heavy atom. The fraction of sp³-hybridized carbons (Fsp3) is 0.500. The Morgan fingerprint density at radius 1 is 1.35 bits per heavy atom. The molecule has 1 saturated heterocycles. The SMILES string of the molecule is COc1c(CO)cccc1CN1CC(NC(=O)c2cn(C3CC3)nn2)C1. The number of benzene rings is 1. The molecule has 138 valence electrons. The number of methoxy groups -OCH3 is 1. The normalized spacial score (nSPS) is 17.8. The largest absolute Gasteiger partial charge is 0.496 e.